The van der Waals surface area contributed by atoms with Crippen LogP contribution in [0.1, 0.15) is 44.1 Å². The van der Waals surface area contributed by atoms with Crippen LogP contribution in [0, 0.1) is 11.8 Å². The highest BCUT2D eigenvalue weighted by atomic mass is 14.6. The minimum Gasteiger partial charge on any atom is -0.330 e. The van der Waals surface area contributed by atoms with Crippen LogP contribution in [-0.2, 0) is 0 Å². The summed E-state index contributed by atoms with van der Waals surface area (Å²) in [6.07, 6.45) is 9.09. The van der Waals surface area contributed by atoms with E-state index in [9.17, 15) is 0 Å². The molecule has 1 fully saturated rings. The van der Waals surface area contributed by atoms with Gasteiger partial charge in [0.15, 0.2) is 0 Å². The van der Waals surface area contributed by atoms with Gasteiger partial charge in [0.05, 0.1) is 0 Å². The van der Waals surface area contributed by atoms with Crippen molar-refractivity contribution in [3.05, 3.63) is 42.2 Å². The summed E-state index contributed by atoms with van der Waals surface area (Å²) < 4.78 is 0. The van der Waals surface area contributed by atoms with Crippen molar-refractivity contribution in [1.29, 1.82) is 0 Å². The van der Waals surface area contributed by atoms with Gasteiger partial charge in [-0.25, -0.2) is 0 Å². The number of benzene rings is 1. The lowest BCUT2D eigenvalue weighted by Crippen LogP contribution is -2.29. The van der Waals surface area contributed by atoms with E-state index in [2.05, 4.69) is 36.2 Å². The Kier molecular flexibility index (Phi) is 4.02. The maximum absolute atomic E-state index is 6.05. The molecule has 3 atom stereocenters. The number of hydrogen-bond donors (Lipinski definition) is 1. The van der Waals surface area contributed by atoms with E-state index >= 15 is 0 Å². The van der Waals surface area contributed by atoms with Crippen LogP contribution in [0.15, 0.2) is 36.7 Å². The molecule has 1 aromatic heterocycles. The third-order valence-corrected chi connectivity index (χ3v) is 5.10. The first kappa shape index (κ1) is 13.6. The van der Waals surface area contributed by atoms with Gasteiger partial charge >= 0.3 is 0 Å². The van der Waals surface area contributed by atoms with Gasteiger partial charge in [0, 0.05) is 17.8 Å². The molecule has 0 radical (unpaired) electrons. The van der Waals surface area contributed by atoms with Crippen molar-refractivity contribution < 1.29 is 0 Å². The average molecular weight is 268 g/mol. The molecule has 1 heterocycles. The lowest BCUT2D eigenvalue weighted by Gasteiger charge is -2.36. The van der Waals surface area contributed by atoms with Crippen LogP contribution < -0.4 is 5.73 Å². The second kappa shape index (κ2) is 5.92. The third kappa shape index (κ3) is 2.45. The number of nitrogens with zero attached hydrogens (tertiary/aromatic N) is 1. The molecule has 0 amide bonds. The van der Waals surface area contributed by atoms with Crippen LogP contribution in [0.5, 0.6) is 0 Å². The molecule has 2 nitrogen and oxygen atoms in total. The van der Waals surface area contributed by atoms with E-state index in [1.165, 1.54) is 42.0 Å². The molecule has 1 aliphatic rings. The Labute approximate surface area is 121 Å². The van der Waals surface area contributed by atoms with Crippen LogP contribution in [-0.4, -0.2) is 11.5 Å². The second-order valence-corrected chi connectivity index (χ2v) is 6.13. The first-order valence-electron chi connectivity index (χ1n) is 7.86. The van der Waals surface area contributed by atoms with Gasteiger partial charge in [0.2, 0.25) is 0 Å². The van der Waals surface area contributed by atoms with E-state index in [0.29, 0.717) is 11.8 Å². The molecule has 0 aliphatic heterocycles. The molecule has 0 bridgehead atoms. The zero-order valence-corrected chi connectivity index (χ0v) is 12.3. The number of hydrogen-bond acceptors (Lipinski definition) is 2. The number of aromatic nitrogens is 1. The van der Waals surface area contributed by atoms with E-state index < -0.39 is 0 Å². The van der Waals surface area contributed by atoms with E-state index in [4.69, 9.17) is 5.73 Å². The third-order valence-electron chi connectivity index (χ3n) is 5.10. The molecule has 1 aliphatic carbocycles. The smallest absolute Gasteiger partial charge is 0.0346 e. The molecule has 0 spiro atoms. The Morgan fingerprint density at radius 2 is 2.15 bits per heavy atom. The largest absolute Gasteiger partial charge is 0.330 e. The molecule has 1 saturated carbocycles. The van der Waals surface area contributed by atoms with Crippen molar-refractivity contribution in [3.8, 4) is 0 Å². The summed E-state index contributed by atoms with van der Waals surface area (Å²) >= 11 is 0. The Morgan fingerprint density at radius 1 is 1.25 bits per heavy atom. The van der Waals surface area contributed by atoms with Crippen LogP contribution in [0.2, 0.25) is 0 Å². The fourth-order valence-electron chi connectivity index (χ4n) is 3.83. The summed E-state index contributed by atoms with van der Waals surface area (Å²) in [5.41, 5.74) is 7.53. The SMILES string of the molecule is CCC1CCC(CN)C(c2cccc3cnccc23)C1. The molecule has 106 valence electrons. The molecule has 3 rings (SSSR count). The first-order valence-corrected chi connectivity index (χ1v) is 7.86. The van der Waals surface area contributed by atoms with E-state index in [0.717, 1.165) is 12.5 Å². The van der Waals surface area contributed by atoms with Gasteiger partial charge in [-0.1, -0.05) is 38.0 Å². The summed E-state index contributed by atoms with van der Waals surface area (Å²) in [6, 6.07) is 8.79. The van der Waals surface area contributed by atoms with Crippen molar-refractivity contribution in [2.75, 3.05) is 6.54 Å². The second-order valence-electron chi connectivity index (χ2n) is 6.13. The number of nitrogens with two attached hydrogens (primary N) is 1. The van der Waals surface area contributed by atoms with Crippen molar-refractivity contribution in [3.63, 3.8) is 0 Å². The van der Waals surface area contributed by atoms with E-state index in [-0.39, 0.29) is 0 Å². The normalized spacial score (nSPS) is 26.8. The molecule has 3 unspecified atom stereocenters. The Bertz CT molecular complexity index is 573. The monoisotopic (exact) mass is 268 g/mol. The minimum atomic E-state index is 0.616. The summed E-state index contributed by atoms with van der Waals surface area (Å²) in [6.45, 7) is 3.13. The first-order chi connectivity index (χ1) is 9.83. The van der Waals surface area contributed by atoms with Gasteiger partial charge in [-0.15, -0.1) is 0 Å². The van der Waals surface area contributed by atoms with Gasteiger partial charge in [0.1, 0.15) is 0 Å². The van der Waals surface area contributed by atoms with Crippen LogP contribution in [0.4, 0.5) is 0 Å². The summed E-state index contributed by atoms with van der Waals surface area (Å²) in [5, 5.41) is 2.61. The van der Waals surface area contributed by atoms with Gasteiger partial charge < -0.3 is 5.73 Å². The van der Waals surface area contributed by atoms with Crippen molar-refractivity contribution in [2.45, 2.75) is 38.5 Å². The van der Waals surface area contributed by atoms with Crippen molar-refractivity contribution in [2.24, 2.45) is 17.6 Å². The maximum Gasteiger partial charge on any atom is 0.0346 e. The molecule has 2 heteroatoms. The fourth-order valence-corrected chi connectivity index (χ4v) is 3.83. The average Bonchev–Trinajstić information content (AvgIpc) is 2.53. The summed E-state index contributed by atoms with van der Waals surface area (Å²) in [5.74, 6) is 2.11. The standard InChI is InChI=1S/C18H24N2/c1-2-13-6-7-14(11-19)18(10-13)17-5-3-4-15-12-20-9-8-16(15)17/h3-5,8-9,12-14,18H,2,6-7,10-11,19H2,1H3. The van der Waals surface area contributed by atoms with Crippen LogP contribution >= 0.6 is 0 Å². The Balaban J connectivity index is 2.03. The lowest BCUT2D eigenvalue weighted by molar-refractivity contribution is 0.237. The Morgan fingerprint density at radius 3 is 2.95 bits per heavy atom. The lowest BCUT2D eigenvalue weighted by atomic mass is 9.70. The number of pyridine rings is 1. The molecular weight excluding hydrogens is 244 g/mol. The highest BCUT2D eigenvalue weighted by Crippen LogP contribution is 2.43. The van der Waals surface area contributed by atoms with Crippen molar-refractivity contribution in [1.82, 2.24) is 4.98 Å². The number of fused-ring (bicyclic) bond motifs is 1. The number of rotatable bonds is 3. The molecule has 2 N–H and O–H groups in total. The molecule has 1 aromatic carbocycles. The van der Waals surface area contributed by atoms with Gasteiger partial charge in [-0.2, -0.15) is 0 Å². The fraction of sp³-hybridized carbons (Fsp3) is 0.500. The topological polar surface area (TPSA) is 38.9 Å². The zero-order valence-electron chi connectivity index (χ0n) is 12.3. The van der Waals surface area contributed by atoms with Crippen molar-refractivity contribution >= 4 is 10.8 Å². The Hall–Kier alpha value is -1.41. The summed E-state index contributed by atoms with van der Waals surface area (Å²) in [7, 11) is 0. The van der Waals surface area contributed by atoms with Crippen LogP contribution in [0.25, 0.3) is 10.8 Å². The molecule has 0 saturated heterocycles. The minimum absolute atomic E-state index is 0.616. The summed E-state index contributed by atoms with van der Waals surface area (Å²) in [4.78, 5) is 4.24. The molecule has 20 heavy (non-hydrogen) atoms. The van der Waals surface area contributed by atoms with Gasteiger partial charge in [0.25, 0.3) is 0 Å². The predicted molar refractivity (Wildman–Crippen MR) is 84.7 cm³/mol. The quantitative estimate of drug-likeness (QED) is 0.910. The highest BCUT2D eigenvalue weighted by molar-refractivity contribution is 5.85. The highest BCUT2D eigenvalue weighted by Gasteiger charge is 2.30. The maximum atomic E-state index is 6.05. The zero-order chi connectivity index (χ0) is 13.9. The van der Waals surface area contributed by atoms with E-state index in [1.54, 1.807) is 0 Å². The predicted octanol–water partition coefficient (Wildman–Crippen LogP) is 4.10. The van der Waals surface area contributed by atoms with Crippen LogP contribution in [0.3, 0.4) is 0 Å². The molecular formula is C18H24N2. The van der Waals surface area contributed by atoms with Gasteiger partial charge in [-0.05, 0) is 54.2 Å². The van der Waals surface area contributed by atoms with E-state index in [1.807, 2.05) is 12.4 Å². The molecule has 2 aromatic rings. The van der Waals surface area contributed by atoms with Gasteiger partial charge in [-0.3, -0.25) is 4.98 Å².